The number of carbonyl (C=O) groups excluding carboxylic acids is 1. The van der Waals surface area contributed by atoms with E-state index in [-0.39, 0.29) is 16.9 Å². The summed E-state index contributed by atoms with van der Waals surface area (Å²) < 4.78 is 13.6. The first-order valence-electron chi connectivity index (χ1n) is 4.79. The minimum atomic E-state index is -0.282. The molecule has 1 aliphatic rings. The molecule has 0 aliphatic carbocycles. The number of thioether (sulfide) groups is 1. The molecule has 15 heavy (non-hydrogen) atoms. The number of benzene rings is 1. The average Bonchev–Trinajstić information content (AvgIpc) is 2.69. The maximum absolute atomic E-state index is 12.9. The Morgan fingerprint density at radius 1 is 1.53 bits per heavy atom. The summed E-state index contributed by atoms with van der Waals surface area (Å²) in [5, 5.41) is 0.0870. The molecule has 0 bridgehead atoms. The van der Waals surface area contributed by atoms with Crippen molar-refractivity contribution in [3.8, 4) is 0 Å². The standard InChI is InChI=1S/C11H10FIOS/c12-7-3-4-8(9(13)6-7)11(14)10-2-1-5-15-10/h3-4,6,10H,1-2,5H2. The Kier molecular flexibility index (Phi) is 3.66. The van der Waals surface area contributed by atoms with Crippen LogP contribution in [0, 0.1) is 9.39 Å². The lowest BCUT2D eigenvalue weighted by atomic mass is 10.1. The van der Waals surface area contributed by atoms with Gasteiger partial charge in [0.25, 0.3) is 0 Å². The van der Waals surface area contributed by atoms with Gasteiger partial charge in [0.1, 0.15) is 5.82 Å². The molecule has 1 unspecified atom stereocenters. The fourth-order valence-electron chi connectivity index (χ4n) is 1.65. The van der Waals surface area contributed by atoms with Crippen LogP contribution in [0.2, 0.25) is 0 Å². The highest BCUT2D eigenvalue weighted by Crippen LogP contribution is 2.30. The molecule has 1 aromatic carbocycles. The Balaban J connectivity index is 2.24. The lowest BCUT2D eigenvalue weighted by Crippen LogP contribution is -2.15. The first-order valence-corrected chi connectivity index (χ1v) is 6.92. The number of hydrogen-bond donors (Lipinski definition) is 0. The van der Waals surface area contributed by atoms with E-state index < -0.39 is 0 Å². The van der Waals surface area contributed by atoms with Gasteiger partial charge in [-0.25, -0.2) is 4.39 Å². The third-order valence-corrected chi connectivity index (χ3v) is 4.69. The fourth-order valence-corrected chi connectivity index (χ4v) is 3.62. The predicted molar refractivity (Wildman–Crippen MR) is 68.9 cm³/mol. The van der Waals surface area contributed by atoms with E-state index in [4.69, 9.17) is 0 Å². The average molecular weight is 336 g/mol. The van der Waals surface area contributed by atoms with E-state index >= 15 is 0 Å². The first-order chi connectivity index (χ1) is 7.18. The molecule has 1 aliphatic heterocycles. The second-order valence-corrected chi connectivity index (χ2v) is 5.96. The van der Waals surface area contributed by atoms with Gasteiger partial charge in [0.05, 0.1) is 5.25 Å². The number of ketones is 1. The Morgan fingerprint density at radius 2 is 2.33 bits per heavy atom. The van der Waals surface area contributed by atoms with E-state index in [1.165, 1.54) is 12.1 Å². The van der Waals surface area contributed by atoms with Gasteiger partial charge in [-0.3, -0.25) is 4.79 Å². The van der Waals surface area contributed by atoms with Crippen molar-refractivity contribution in [3.63, 3.8) is 0 Å². The van der Waals surface area contributed by atoms with E-state index in [1.807, 2.05) is 22.6 Å². The van der Waals surface area contributed by atoms with E-state index in [0.29, 0.717) is 9.13 Å². The van der Waals surface area contributed by atoms with E-state index in [1.54, 1.807) is 17.8 Å². The number of Topliss-reactive ketones (excluding diaryl/α,β-unsaturated/α-hetero) is 1. The van der Waals surface area contributed by atoms with E-state index in [9.17, 15) is 9.18 Å². The van der Waals surface area contributed by atoms with Crippen LogP contribution in [0.5, 0.6) is 0 Å². The molecule has 1 nitrogen and oxygen atoms in total. The maximum Gasteiger partial charge on any atom is 0.176 e. The minimum Gasteiger partial charge on any atom is -0.293 e. The fraction of sp³-hybridized carbons (Fsp3) is 0.364. The van der Waals surface area contributed by atoms with Crippen LogP contribution in [0.4, 0.5) is 4.39 Å². The third-order valence-electron chi connectivity index (χ3n) is 2.42. The normalized spacial score (nSPS) is 20.5. The number of carbonyl (C=O) groups is 1. The molecule has 1 fully saturated rings. The van der Waals surface area contributed by atoms with Crippen LogP contribution in [0.3, 0.4) is 0 Å². The molecule has 4 heteroatoms. The van der Waals surface area contributed by atoms with Gasteiger partial charge in [-0.05, 0) is 59.4 Å². The molecule has 0 spiro atoms. The summed E-state index contributed by atoms with van der Waals surface area (Å²) in [6.07, 6.45) is 2.07. The molecule has 80 valence electrons. The van der Waals surface area contributed by atoms with Crippen LogP contribution in [0.1, 0.15) is 23.2 Å². The van der Waals surface area contributed by atoms with Crippen LogP contribution in [-0.2, 0) is 0 Å². The predicted octanol–water partition coefficient (Wildman–Crippen LogP) is 3.51. The molecule has 0 N–H and O–H groups in total. The second-order valence-electron chi connectivity index (χ2n) is 3.49. The zero-order valence-electron chi connectivity index (χ0n) is 8.00. The van der Waals surface area contributed by atoms with E-state index in [0.717, 1.165) is 18.6 Å². The summed E-state index contributed by atoms with van der Waals surface area (Å²) in [6.45, 7) is 0. The smallest absolute Gasteiger partial charge is 0.176 e. The van der Waals surface area contributed by atoms with Gasteiger partial charge in [0.15, 0.2) is 5.78 Å². The lowest BCUT2D eigenvalue weighted by Gasteiger charge is -2.08. The van der Waals surface area contributed by atoms with Crippen LogP contribution in [0.15, 0.2) is 18.2 Å². The zero-order valence-corrected chi connectivity index (χ0v) is 11.0. The second kappa shape index (κ2) is 4.82. The van der Waals surface area contributed by atoms with Gasteiger partial charge in [-0.2, -0.15) is 11.8 Å². The minimum absolute atomic E-state index is 0.0870. The number of hydrogen-bond acceptors (Lipinski definition) is 2. The molecular formula is C11H10FIOS. The third kappa shape index (κ3) is 2.53. The summed E-state index contributed by atoms with van der Waals surface area (Å²) in [5.74, 6) is 0.936. The highest BCUT2D eigenvalue weighted by molar-refractivity contribution is 14.1. The molecule has 1 atom stereocenters. The Morgan fingerprint density at radius 3 is 2.93 bits per heavy atom. The van der Waals surface area contributed by atoms with Gasteiger partial charge < -0.3 is 0 Å². The Hall–Kier alpha value is -0.100. The number of rotatable bonds is 2. The van der Waals surface area contributed by atoms with Gasteiger partial charge in [-0.1, -0.05) is 0 Å². The SMILES string of the molecule is O=C(c1ccc(F)cc1I)C1CCCS1. The monoisotopic (exact) mass is 336 g/mol. The molecule has 0 saturated carbocycles. The van der Waals surface area contributed by atoms with Gasteiger partial charge in [0.2, 0.25) is 0 Å². The van der Waals surface area contributed by atoms with Gasteiger partial charge in [-0.15, -0.1) is 0 Å². The topological polar surface area (TPSA) is 17.1 Å². The molecule has 0 radical (unpaired) electrons. The molecule has 2 rings (SSSR count). The summed E-state index contributed by atoms with van der Waals surface area (Å²) in [6, 6.07) is 4.36. The van der Waals surface area contributed by atoms with Crippen molar-refractivity contribution < 1.29 is 9.18 Å². The summed E-state index contributed by atoms with van der Waals surface area (Å²) in [5.41, 5.74) is 0.663. The quantitative estimate of drug-likeness (QED) is 0.607. The van der Waals surface area contributed by atoms with Crippen LogP contribution in [0.25, 0.3) is 0 Å². The molecule has 1 heterocycles. The van der Waals surface area contributed by atoms with Crippen molar-refractivity contribution in [2.75, 3.05) is 5.75 Å². The maximum atomic E-state index is 12.9. The highest BCUT2D eigenvalue weighted by Gasteiger charge is 2.25. The molecule has 0 aromatic heterocycles. The van der Waals surface area contributed by atoms with Gasteiger partial charge >= 0.3 is 0 Å². The van der Waals surface area contributed by atoms with Crippen LogP contribution >= 0.6 is 34.4 Å². The zero-order chi connectivity index (χ0) is 10.8. The first kappa shape index (κ1) is 11.4. The summed E-state index contributed by atoms with van der Waals surface area (Å²) in [7, 11) is 0. The van der Waals surface area contributed by atoms with E-state index in [2.05, 4.69) is 0 Å². The van der Waals surface area contributed by atoms with Gasteiger partial charge in [0, 0.05) is 9.13 Å². The van der Waals surface area contributed by atoms with Crippen molar-refractivity contribution in [2.45, 2.75) is 18.1 Å². The highest BCUT2D eigenvalue weighted by atomic mass is 127. The molecule has 1 saturated heterocycles. The summed E-state index contributed by atoms with van der Waals surface area (Å²) in [4.78, 5) is 12.0. The Bertz CT molecular complexity index is 388. The lowest BCUT2D eigenvalue weighted by molar-refractivity contribution is 0.0987. The summed E-state index contributed by atoms with van der Waals surface area (Å²) >= 11 is 3.73. The molecule has 0 amide bonds. The number of halogens is 2. The van der Waals surface area contributed by atoms with Crippen molar-refractivity contribution in [1.29, 1.82) is 0 Å². The Labute approximate surface area is 106 Å². The van der Waals surface area contributed by atoms with Crippen LogP contribution < -0.4 is 0 Å². The molecule has 1 aromatic rings. The van der Waals surface area contributed by atoms with Crippen molar-refractivity contribution in [1.82, 2.24) is 0 Å². The van der Waals surface area contributed by atoms with Crippen molar-refractivity contribution in [2.24, 2.45) is 0 Å². The van der Waals surface area contributed by atoms with Crippen LogP contribution in [-0.4, -0.2) is 16.8 Å². The van der Waals surface area contributed by atoms with Crippen molar-refractivity contribution in [3.05, 3.63) is 33.1 Å². The van der Waals surface area contributed by atoms with Crippen molar-refractivity contribution >= 4 is 40.1 Å². The molecular weight excluding hydrogens is 326 g/mol. The largest absolute Gasteiger partial charge is 0.293 e.